The van der Waals surface area contributed by atoms with Crippen LogP contribution < -0.4 is 16.0 Å². The zero-order chi connectivity index (χ0) is 12.7. The summed E-state index contributed by atoms with van der Waals surface area (Å²) in [6.07, 6.45) is 1.82. The largest absolute Gasteiger partial charge is 0.494 e. The molecule has 0 aliphatic carbocycles. The van der Waals surface area contributed by atoms with Crippen LogP contribution in [-0.2, 0) is 4.79 Å². The highest BCUT2D eigenvalue weighted by Gasteiger charge is 2.02. The van der Waals surface area contributed by atoms with E-state index >= 15 is 0 Å². The van der Waals surface area contributed by atoms with Crippen molar-refractivity contribution in [3.05, 3.63) is 28.5 Å². The molecule has 0 aliphatic heterocycles. The average molecular weight is 305 g/mol. The van der Waals surface area contributed by atoms with Gasteiger partial charge in [0, 0.05) is 6.42 Å². The van der Waals surface area contributed by atoms with Gasteiger partial charge in [-0.1, -0.05) is 0 Å². The summed E-state index contributed by atoms with van der Waals surface area (Å²) < 4.78 is 18.7. The van der Waals surface area contributed by atoms with Crippen LogP contribution in [0.2, 0.25) is 0 Å². The molecule has 0 fully saturated rings. The molecule has 0 saturated carbocycles. The summed E-state index contributed by atoms with van der Waals surface area (Å²) in [5, 5.41) is 0. The number of carbonyl (C=O) groups is 1. The molecule has 1 aromatic carbocycles. The molecule has 6 heteroatoms. The minimum Gasteiger partial charge on any atom is -0.494 e. The minimum absolute atomic E-state index is 0.186. The molecule has 0 bridgehead atoms. The maximum Gasteiger partial charge on any atom is 0.233 e. The Bertz CT molecular complexity index is 388. The molecule has 1 aromatic rings. The third-order valence-corrected chi connectivity index (χ3v) is 2.73. The van der Waals surface area contributed by atoms with Crippen LogP contribution in [0, 0.1) is 5.82 Å². The molecular formula is C11H14BrFN2O2. The van der Waals surface area contributed by atoms with Gasteiger partial charge in [-0.05, 0) is 47.0 Å². The van der Waals surface area contributed by atoms with Crippen LogP contribution in [0.5, 0.6) is 5.75 Å². The lowest BCUT2D eigenvalue weighted by Gasteiger charge is -2.06. The second-order valence-electron chi connectivity index (χ2n) is 3.45. The van der Waals surface area contributed by atoms with Crippen LogP contribution in [0.25, 0.3) is 0 Å². The lowest BCUT2D eigenvalue weighted by molar-refractivity contribution is -0.121. The summed E-state index contributed by atoms with van der Waals surface area (Å²) in [6.45, 7) is 0.482. The average Bonchev–Trinajstić information content (AvgIpc) is 2.33. The molecule has 0 spiro atoms. The first kappa shape index (κ1) is 13.9. The van der Waals surface area contributed by atoms with Gasteiger partial charge in [-0.15, -0.1) is 0 Å². The van der Waals surface area contributed by atoms with Crippen LogP contribution in [0.3, 0.4) is 0 Å². The fourth-order valence-electron chi connectivity index (χ4n) is 1.22. The van der Waals surface area contributed by atoms with Crippen LogP contribution in [-0.4, -0.2) is 12.5 Å². The van der Waals surface area contributed by atoms with E-state index in [1.807, 2.05) is 0 Å². The SMILES string of the molecule is NNC(=O)CCCCOc1ccc(F)c(Br)c1. The number of hydrazine groups is 1. The first-order valence-electron chi connectivity index (χ1n) is 5.21. The van der Waals surface area contributed by atoms with Crippen molar-refractivity contribution in [1.82, 2.24) is 5.43 Å². The summed E-state index contributed by atoms with van der Waals surface area (Å²) in [5.74, 6) is 5.03. The van der Waals surface area contributed by atoms with Gasteiger partial charge < -0.3 is 4.74 Å². The van der Waals surface area contributed by atoms with Gasteiger partial charge in [-0.3, -0.25) is 10.2 Å². The Hall–Kier alpha value is -1.14. The maximum atomic E-state index is 12.9. The molecule has 94 valence electrons. The van der Waals surface area contributed by atoms with Gasteiger partial charge in [0.15, 0.2) is 0 Å². The predicted octanol–water partition coefficient (Wildman–Crippen LogP) is 2.13. The zero-order valence-electron chi connectivity index (χ0n) is 9.21. The second kappa shape index (κ2) is 7.24. The number of nitrogens with one attached hydrogen (secondary N) is 1. The fraction of sp³-hybridized carbons (Fsp3) is 0.364. The molecule has 0 heterocycles. The van der Waals surface area contributed by atoms with Crippen molar-refractivity contribution in [3.63, 3.8) is 0 Å². The van der Waals surface area contributed by atoms with Crippen molar-refractivity contribution < 1.29 is 13.9 Å². The number of nitrogens with two attached hydrogens (primary N) is 1. The summed E-state index contributed by atoms with van der Waals surface area (Å²) in [4.78, 5) is 10.8. The van der Waals surface area contributed by atoms with E-state index in [1.54, 1.807) is 12.1 Å². The minimum atomic E-state index is -0.322. The van der Waals surface area contributed by atoms with Crippen LogP contribution in [0.15, 0.2) is 22.7 Å². The highest BCUT2D eigenvalue weighted by Crippen LogP contribution is 2.21. The number of halogens is 2. The number of benzene rings is 1. The molecular weight excluding hydrogens is 291 g/mol. The number of unbranched alkanes of at least 4 members (excludes halogenated alkanes) is 1. The quantitative estimate of drug-likeness (QED) is 0.366. The monoisotopic (exact) mass is 304 g/mol. The van der Waals surface area contributed by atoms with Gasteiger partial charge in [0.1, 0.15) is 11.6 Å². The molecule has 0 aromatic heterocycles. The maximum absolute atomic E-state index is 12.9. The lowest BCUT2D eigenvalue weighted by Crippen LogP contribution is -2.29. The topological polar surface area (TPSA) is 64.3 Å². The Morgan fingerprint density at radius 3 is 2.88 bits per heavy atom. The molecule has 1 rings (SSSR count). The molecule has 0 atom stereocenters. The molecule has 0 aliphatic rings. The van der Waals surface area contributed by atoms with E-state index in [4.69, 9.17) is 10.6 Å². The van der Waals surface area contributed by atoms with E-state index < -0.39 is 0 Å². The summed E-state index contributed by atoms with van der Waals surface area (Å²) >= 11 is 3.08. The van der Waals surface area contributed by atoms with E-state index in [0.29, 0.717) is 29.7 Å². The zero-order valence-corrected chi connectivity index (χ0v) is 10.8. The van der Waals surface area contributed by atoms with Crippen LogP contribution >= 0.6 is 15.9 Å². The Morgan fingerprint density at radius 2 is 2.24 bits per heavy atom. The van der Waals surface area contributed by atoms with Gasteiger partial charge in [0.05, 0.1) is 11.1 Å². The van der Waals surface area contributed by atoms with Crippen molar-refractivity contribution in [2.24, 2.45) is 5.84 Å². The van der Waals surface area contributed by atoms with Gasteiger partial charge in [0.2, 0.25) is 5.91 Å². The number of hydrogen-bond acceptors (Lipinski definition) is 3. The van der Waals surface area contributed by atoms with E-state index in [-0.39, 0.29) is 11.7 Å². The number of rotatable bonds is 6. The molecule has 4 nitrogen and oxygen atoms in total. The van der Waals surface area contributed by atoms with E-state index in [2.05, 4.69) is 21.4 Å². The Labute approximate surface area is 107 Å². The highest BCUT2D eigenvalue weighted by atomic mass is 79.9. The van der Waals surface area contributed by atoms with Gasteiger partial charge >= 0.3 is 0 Å². The van der Waals surface area contributed by atoms with Crippen LogP contribution in [0.4, 0.5) is 4.39 Å². The van der Waals surface area contributed by atoms with E-state index in [0.717, 1.165) is 6.42 Å². The van der Waals surface area contributed by atoms with Crippen molar-refractivity contribution in [2.45, 2.75) is 19.3 Å². The number of carbonyl (C=O) groups excluding carboxylic acids is 1. The number of amides is 1. The Balaban J connectivity index is 2.22. The fourth-order valence-corrected chi connectivity index (χ4v) is 1.57. The highest BCUT2D eigenvalue weighted by molar-refractivity contribution is 9.10. The van der Waals surface area contributed by atoms with E-state index in [1.165, 1.54) is 6.07 Å². The third kappa shape index (κ3) is 5.14. The normalized spacial score (nSPS) is 10.1. The van der Waals surface area contributed by atoms with E-state index in [9.17, 15) is 9.18 Å². The van der Waals surface area contributed by atoms with Crippen LogP contribution in [0.1, 0.15) is 19.3 Å². The van der Waals surface area contributed by atoms with Crippen molar-refractivity contribution in [3.8, 4) is 5.75 Å². The first-order valence-corrected chi connectivity index (χ1v) is 6.00. The van der Waals surface area contributed by atoms with Crippen molar-refractivity contribution in [1.29, 1.82) is 0 Å². The molecule has 1 amide bonds. The molecule has 3 N–H and O–H groups in total. The first-order chi connectivity index (χ1) is 8.13. The van der Waals surface area contributed by atoms with Crippen molar-refractivity contribution in [2.75, 3.05) is 6.61 Å². The van der Waals surface area contributed by atoms with Gasteiger partial charge in [0.25, 0.3) is 0 Å². The lowest BCUT2D eigenvalue weighted by atomic mass is 10.2. The number of ether oxygens (including phenoxy) is 1. The summed E-state index contributed by atoms with van der Waals surface area (Å²) in [5.41, 5.74) is 2.06. The standard InChI is InChI=1S/C11H14BrFN2O2/c12-9-7-8(4-5-10(9)13)17-6-2-1-3-11(16)15-14/h4-5,7H,1-3,6,14H2,(H,15,16). The summed E-state index contributed by atoms with van der Waals surface area (Å²) in [7, 11) is 0. The second-order valence-corrected chi connectivity index (χ2v) is 4.30. The van der Waals surface area contributed by atoms with Crippen molar-refractivity contribution >= 4 is 21.8 Å². The molecule has 0 radical (unpaired) electrons. The number of hydrogen-bond donors (Lipinski definition) is 2. The molecule has 0 unspecified atom stereocenters. The third-order valence-electron chi connectivity index (χ3n) is 2.12. The Kier molecular flexibility index (Phi) is 5.93. The predicted molar refractivity (Wildman–Crippen MR) is 65.8 cm³/mol. The smallest absolute Gasteiger partial charge is 0.233 e. The summed E-state index contributed by atoms with van der Waals surface area (Å²) in [6, 6.07) is 4.47. The molecule has 0 saturated heterocycles. The Morgan fingerprint density at radius 1 is 1.47 bits per heavy atom. The molecule has 17 heavy (non-hydrogen) atoms. The van der Waals surface area contributed by atoms with Gasteiger partial charge in [-0.25, -0.2) is 10.2 Å². The van der Waals surface area contributed by atoms with Gasteiger partial charge in [-0.2, -0.15) is 0 Å².